The molecule has 0 saturated carbocycles. The van der Waals surface area contributed by atoms with Gasteiger partial charge in [0.15, 0.2) is 0 Å². The van der Waals surface area contributed by atoms with Crippen LogP contribution in [-0.4, -0.2) is 23.3 Å². The summed E-state index contributed by atoms with van der Waals surface area (Å²) >= 11 is 0. The maximum atomic E-state index is 12.6. The Bertz CT molecular complexity index is 1000. The lowest BCUT2D eigenvalue weighted by molar-refractivity contribution is 0.0953. The number of benzene rings is 2. The van der Waals surface area contributed by atoms with Gasteiger partial charge in [-0.25, -0.2) is 0 Å². The molecule has 0 aliphatic heterocycles. The Hall–Kier alpha value is -3.47. The summed E-state index contributed by atoms with van der Waals surface area (Å²) in [6.45, 7) is 4.52. The highest BCUT2D eigenvalue weighted by atomic mass is 16.2. The van der Waals surface area contributed by atoms with Crippen LogP contribution in [0.5, 0.6) is 0 Å². The summed E-state index contributed by atoms with van der Waals surface area (Å²) in [5.74, 6) is -0.517. The van der Waals surface area contributed by atoms with Crippen LogP contribution in [0.15, 0.2) is 67.0 Å². The number of carbonyl (C=O) groups is 2. The highest BCUT2D eigenvalue weighted by Crippen LogP contribution is 2.19. The molecule has 0 aliphatic rings. The number of amides is 2. The molecule has 2 aromatic carbocycles. The normalized spacial score (nSPS) is 10.4. The largest absolute Gasteiger partial charge is 0.352 e. The first kappa shape index (κ1) is 20.3. The molecule has 1 aromatic heterocycles. The number of anilines is 1. The molecule has 3 aromatic rings. The summed E-state index contributed by atoms with van der Waals surface area (Å²) < 4.78 is 0. The molecule has 5 nitrogen and oxygen atoms in total. The number of nitrogens with one attached hydrogen (secondary N) is 2. The van der Waals surface area contributed by atoms with Gasteiger partial charge in [0.2, 0.25) is 0 Å². The van der Waals surface area contributed by atoms with Crippen molar-refractivity contribution in [2.45, 2.75) is 26.7 Å². The van der Waals surface area contributed by atoms with Gasteiger partial charge in [-0.3, -0.25) is 14.6 Å². The Morgan fingerprint density at radius 1 is 0.897 bits per heavy atom. The van der Waals surface area contributed by atoms with Crippen molar-refractivity contribution >= 4 is 17.5 Å². The highest BCUT2D eigenvalue weighted by molar-refractivity contribution is 6.06. The van der Waals surface area contributed by atoms with Gasteiger partial charge in [-0.1, -0.05) is 42.5 Å². The van der Waals surface area contributed by atoms with Crippen molar-refractivity contribution in [2.24, 2.45) is 0 Å². The van der Waals surface area contributed by atoms with Crippen LogP contribution in [0.25, 0.3) is 0 Å². The molecule has 29 heavy (non-hydrogen) atoms. The van der Waals surface area contributed by atoms with Crippen LogP contribution < -0.4 is 10.6 Å². The number of hydrogen-bond acceptors (Lipinski definition) is 3. The molecule has 0 saturated heterocycles. The quantitative estimate of drug-likeness (QED) is 0.593. The van der Waals surface area contributed by atoms with Crippen LogP contribution in [0.2, 0.25) is 0 Å². The molecule has 5 heteroatoms. The summed E-state index contributed by atoms with van der Waals surface area (Å²) in [4.78, 5) is 29.1. The van der Waals surface area contributed by atoms with Crippen LogP contribution in [0, 0.1) is 13.8 Å². The van der Waals surface area contributed by atoms with Gasteiger partial charge in [0.05, 0.1) is 11.1 Å². The SMILES string of the molecule is Cc1cccc(NC(=O)c2cncc(C(=O)NCCCc3ccccc3)c2)c1C. The van der Waals surface area contributed by atoms with E-state index in [4.69, 9.17) is 0 Å². The maximum Gasteiger partial charge on any atom is 0.257 e. The van der Waals surface area contributed by atoms with Crippen LogP contribution >= 0.6 is 0 Å². The molecular weight excluding hydrogens is 362 g/mol. The number of rotatable bonds is 7. The van der Waals surface area contributed by atoms with Gasteiger partial charge < -0.3 is 10.6 Å². The van der Waals surface area contributed by atoms with E-state index in [0.717, 1.165) is 29.7 Å². The first-order valence-corrected chi connectivity index (χ1v) is 9.69. The minimum atomic E-state index is -0.287. The van der Waals surface area contributed by atoms with Crippen molar-refractivity contribution in [1.82, 2.24) is 10.3 Å². The van der Waals surface area contributed by atoms with Crippen molar-refractivity contribution < 1.29 is 9.59 Å². The van der Waals surface area contributed by atoms with E-state index in [1.165, 1.54) is 18.0 Å². The molecular formula is C24H25N3O2. The monoisotopic (exact) mass is 387 g/mol. The van der Waals surface area contributed by atoms with E-state index >= 15 is 0 Å². The standard InChI is InChI=1S/C24H25N3O2/c1-17-8-6-12-22(18(17)2)27-24(29)21-14-20(15-25-16-21)23(28)26-13-7-11-19-9-4-3-5-10-19/h3-6,8-10,12,14-16H,7,11,13H2,1-2H3,(H,26,28)(H,27,29). The fourth-order valence-corrected chi connectivity index (χ4v) is 3.01. The maximum absolute atomic E-state index is 12.6. The van der Waals surface area contributed by atoms with Gasteiger partial charge in [-0.15, -0.1) is 0 Å². The average Bonchev–Trinajstić information content (AvgIpc) is 2.75. The van der Waals surface area contributed by atoms with E-state index in [-0.39, 0.29) is 11.8 Å². The van der Waals surface area contributed by atoms with Crippen LogP contribution in [0.1, 0.15) is 43.8 Å². The molecule has 0 radical (unpaired) electrons. The lowest BCUT2D eigenvalue weighted by atomic mass is 10.1. The lowest BCUT2D eigenvalue weighted by Gasteiger charge is -2.11. The molecule has 148 valence electrons. The number of nitrogens with zero attached hydrogens (tertiary/aromatic N) is 1. The van der Waals surface area contributed by atoms with Crippen molar-refractivity contribution in [2.75, 3.05) is 11.9 Å². The third-order valence-electron chi connectivity index (χ3n) is 4.89. The van der Waals surface area contributed by atoms with Gasteiger partial charge in [0.1, 0.15) is 0 Å². The van der Waals surface area contributed by atoms with Crippen LogP contribution in [-0.2, 0) is 6.42 Å². The number of pyridine rings is 1. The fraction of sp³-hybridized carbons (Fsp3) is 0.208. The van der Waals surface area contributed by atoms with E-state index in [1.54, 1.807) is 6.07 Å². The van der Waals surface area contributed by atoms with E-state index in [9.17, 15) is 9.59 Å². The van der Waals surface area contributed by atoms with Crippen molar-refractivity contribution in [3.05, 3.63) is 94.8 Å². The zero-order valence-electron chi connectivity index (χ0n) is 16.7. The second-order valence-electron chi connectivity index (χ2n) is 7.01. The highest BCUT2D eigenvalue weighted by Gasteiger charge is 2.12. The van der Waals surface area contributed by atoms with E-state index < -0.39 is 0 Å². The Morgan fingerprint density at radius 3 is 2.38 bits per heavy atom. The van der Waals surface area contributed by atoms with Crippen molar-refractivity contribution in [3.8, 4) is 0 Å². The summed E-state index contributed by atoms with van der Waals surface area (Å²) in [6, 6.07) is 17.5. The second kappa shape index (κ2) is 9.64. The van der Waals surface area contributed by atoms with Crippen LogP contribution in [0.4, 0.5) is 5.69 Å². The molecule has 0 bridgehead atoms. The molecule has 1 heterocycles. The molecule has 0 aliphatic carbocycles. The summed E-state index contributed by atoms with van der Waals surface area (Å²) in [6.07, 6.45) is 4.68. The van der Waals surface area contributed by atoms with Gasteiger partial charge in [-0.2, -0.15) is 0 Å². The van der Waals surface area contributed by atoms with Gasteiger partial charge >= 0.3 is 0 Å². The van der Waals surface area contributed by atoms with Gasteiger partial charge in [0, 0.05) is 24.6 Å². The third kappa shape index (κ3) is 5.51. The second-order valence-corrected chi connectivity index (χ2v) is 7.01. The predicted molar refractivity (Wildman–Crippen MR) is 115 cm³/mol. The first-order chi connectivity index (χ1) is 14.0. The molecule has 2 amide bonds. The molecule has 0 unspecified atom stereocenters. The number of aryl methyl sites for hydroxylation is 2. The average molecular weight is 387 g/mol. The van der Waals surface area contributed by atoms with Crippen molar-refractivity contribution in [1.29, 1.82) is 0 Å². The lowest BCUT2D eigenvalue weighted by Crippen LogP contribution is -2.25. The fourth-order valence-electron chi connectivity index (χ4n) is 3.01. The van der Waals surface area contributed by atoms with E-state index in [0.29, 0.717) is 17.7 Å². The number of carbonyl (C=O) groups excluding carboxylic acids is 2. The Kier molecular flexibility index (Phi) is 6.74. The summed E-state index contributed by atoms with van der Waals surface area (Å²) in [7, 11) is 0. The van der Waals surface area contributed by atoms with E-state index in [1.807, 2.05) is 50.2 Å². The molecule has 0 spiro atoms. The zero-order chi connectivity index (χ0) is 20.6. The summed E-state index contributed by atoms with van der Waals surface area (Å²) in [5.41, 5.74) is 4.84. The topological polar surface area (TPSA) is 71.1 Å². The molecule has 0 fully saturated rings. The molecule has 3 rings (SSSR count). The number of aromatic nitrogens is 1. The summed E-state index contributed by atoms with van der Waals surface area (Å²) in [5, 5.41) is 5.78. The smallest absolute Gasteiger partial charge is 0.257 e. The Balaban J connectivity index is 1.57. The number of hydrogen-bond donors (Lipinski definition) is 2. The zero-order valence-corrected chi connectivity index (χ0v) is 16.7. The Morgan fingerprint density at radius 2 is 1.62 bits per heavy atom. The molecule has 2 N–H and O–H groups in total. The van der Waals surface area contributed by atoms with Gasteiger partial charge in [-0.05, 0) is 55.5 Å². The van der Waals surface area contributed by atoms with E-state index in [2.05, 4.69) is 27.8 Å². The Labute approximate surface area is 171 Å². The van der Waals surface area contributed by atoms with Crippen LogP contribution in [0.3, 0.4) is 0 Å². The minimum Gasteiger partial charge on any atom is -0.352 e. The van der Waals surface area contributed by atoms with Gasteiger partial charge in [0.25, 0.3) is 11.8 Å². The predicted octanol–water partition coefficient (Wildman–Crippen LogP) is 4.31. The third-order valence-corrected chi connectivity index (χ3v) is 4.89. The molecule has 0 atom stereocenters. The first-order valence-electron chi connectivity index (χ1n) is 9.69. The minimum absolute atomic E-state index is 0.230. The van der Waals surface area contributed by atoms with Crippen molar-refractivity contribution in [3.63, 3.8) is 0 Å².